The molecule has 0 spiro atoms. The number of hydrogen-bond donors (Lipinski definition) is 0. The molecule has 5 aromatic rings. The molecule has 0 saturated heterocycles. The minimum Gasteiger partial charge on any atom is -0.355 e. The highest BCUT2D eigenvalue weighted by atomic mass is 16.5. The third kappa shape index (κ3) is 3.81. The van der Waals surface area contributed by atoms with Gasteiger partial charge in [0.25, 0.3) is 5.91 Å². The lowest BCUT2D eigenvalue weighted by Crippen LogP contribution is -2.31. The van der Waals surface area contributed by atoms with Gasteiger partial charge < -0.3 is 4.52 Å². The number of benzene rings is 3. The van der Waals surface area contributed by atoms with Gasteiger partial charge in [0.15, 0.2) is 11.5 Å². The Morgan fingerprint density at radius 2 is 1.61 bits per heavy atom. The number of amides is 1. The summed E-state index contributed by atoms with van der Waals surface area (Å²) in [7, 11) is 0. The molecule has 0 unspecified atom stereocenters. The fourth-order valence-electron chi connectivity index (χ4n) is 3.62. The quantitative estimate of drug-likeness (QED) is 0.374. The van der Waals surface area contributed by atoms with E-state index in [0.717, 1.165) is 21.9 Å². The first-order valence-electron chi connectivity index (χ1n) is 10.0. The molecular weight excluding hydrogens is 386 g/mol. The van der Waals surface area contributed by atoms with Crippen molar-refractivity contribution in [3.05, 3.63) is 115 Å². The Balaban J connectivity index is 1.53. The van der Waals surface area contributed by atoms with Gasteiger partial charge in [-0.1, -0.05) is 84.0 Å². The van der Waals surface area contributed by atoms with E-state index in [4.69, 9.17) is 4.52 Å². The van der Waals surface area contributed by atoms with Crippen LogP contribution in [-0.2, 0) is 6.54 Å². The van der Waals surface area contributed by atoms with E-state index in [9.17, 15) is 4.79 Å². The predicted molar refractivity (Wildman–Crippen MR) is 121 cm³/mol. The van der Waals surface area contributed by atoms with Gasteiger partial charge in [-0.25, -0.2) is 4.98 Å². The van der Waals surface area contributed by atoms with Gasteiger partial charge >= 0.3 is 0 Å². The number of carbonyl (C=O) groups is 1. The maximum absolute atomic E-state index is 13.5. The zero-order valence-corrected chi connectivity index (χ0v) is 16.7. The molecule has 0 aliphatic heterocycles. The van der Waals surface area contributed by atoms with Crippen molar-refractivity contribution in [3.8, 4) is 11.3 Å². The van der Waals surface area contributed by atoms with Gasteiger partial charge in [-0.05, 0) is 28.5 Å². The SMILES string of the molecule is O=C(c1cc(-c2ccccc2)on1)N(Cc1cccc2ccccc12)c1ccccn1. The third-order valence-electron chi connectivity index (χ3n) is 5.17. The van der Waals surface area contributed by atoms with Crippen LogP contribution in [0.4, 0.5) is 5.82 Å². The summed E-state index contributed by atoms with van der Waals surface area (Å²) in [4.78, 5) is 19.5. The Labute approximate surface area is 179 Å². The zero-order valence-electron chi connectivity index (χ0n) is 16.7. The van der Waals surface area contributed by atoms with Crippen LogP contribution in [0.5, 0.6) is 0 Å². The number of anilines is 1. The van der Waals surface area contributed by atoms with Crippen LogP contribution in [0.2, 0.25) is 0 Å². The van der Waals surface area contributed by atoms with Crippen LogP contribution in [0.25, 0.3) is 22.1 Å². The summed E-state index contributed by atoms with van der Waals surface area (Å²) in [6.07, 6.45) is 1.68. The maximum atomic E-state index is 13.5. The third-order valence-corrected chi connectivity index (χ3v) is 5.17. The number of hydrogen-bond acceptors (Lipinski definition) is 4. The molecule has 0 radical (unpaired) electrons. The standard InChI is InChI=1S/C26H19N3O2/c30-26(23-17-24(31-28-23)20-10-2-1-3-11-20)29(25-15-6-7-16-27-25)18-21-13-8-12-19-9-4-5-14-22(19)21/h1-17H,18H2. The smallest absolute Gasteiger partial charge is 0.281 e. The lowest BCUT2D eigenvalue weighted by Gasteiger charge is -2.21. The van der Waals surface area contributed by atoms with Gasteiger partial charge in [0.05, 0.1) is 6.54 Å². The molecule has 1 amide bonds. The first-order chi connectivity index (χ1) is 15.3. The highest BCUT2D eigenvalue weighted by molar-refractivity contribution is 6.05. The molecule has 5 nitrogen and oxygen atoms in total. The molecule has 0 saturated carbocycles. The Hall–Kier alpha value is -4.25. The lowest BCUT2D eigenvalue weighted by atomic mass is 10.0. The van der Waals surface area contributed by atoms with Crippen LogP contribution in [-0.4, -0.2) is 16.0 Å². The minimum atomic E-state index is -0.266. The number of pyridine rings is 1. The average Bonchev–Trinajstić information content (AvgIpc) is 3.34. The van der Waals surface area contributed by atoms with Gasteiger partial charge in [0.2, 0.25) is 0 Å². The Kier molecular flexibility index (Phi) is 4.99. The molecule has 2 aromatic heterocycles. The van der Waals surface area contributed by atoms with E-state index in [-0.39, 0.29) is 11.6 Å². The maximum Gasteiger partial charge on any atom is 0.281 e. The topological polar surface area (TPSA) is 59.2 Å². The van der Waals surface area contributed by atoms with Crippen molar-refractivity contribution in [1.29, 1.82) is 0 Å². The minimum absolute atomic E-state index is 0.241. The number of nitrogens with zero attached hydrogens (tertiary/aromatic N) is 3. The Morgan fingerprint density at radius 1 is 0.839 bits per heavy atom. The van der Waals surface area contributed by atoms with E-state index in [1.54, 1.807) is 17.2 Å². The molecule has 0 atom stereocenters. The molecule has 5 rings (SSSR count). The van der Waals surface area contributed by atoms with Crippen molar-refractivity contribution < 1.29 is 9.32 Å². The van der Waals surface area contributed by atoms with Crippen molar-refractivity contribution in [2.75, 3.05) is 4.90 Å². The second-order valence-electron chi connectivity index (χ2n) is 7.16. The molecule has 0 fully saturated rings. The molecule has 2 heterocycles. The van der Waals surface area contributed by atoms with Gasteiger partial charge in [-0.15, -0.1) is 0 Å². The van der Waals surface area contributed by atoms with E-state index < -0.39 is 0 Å². The van der Waals surface area contributed by atoms with Gasteiger partial charge in [-0.3, -0.25) is 9.69 Å². The van der Waals surface area contributed by atoms with E-state index in [2.05, 4.69) is 28.3 Å². The van der Waals surface area contributed by atoms with Gasteiger partial charge in [-0.2, -0.15) is 0 Å². The lowest BCUT2D eigenvalue weighted by molar-refractivity contribution is 0.0976. The van der Waals surface area contributed by atoms with Crippen molar-refractivity contribution in [1.82, 2.24) is 10.1 Å². The van der Waals surface area contributed by atoms with Crippen LogP contribution in [0.3, 0.4) is 0 Å². The summed E-state index contributed by atoms with van der Waals surface area (Å²) >= 11 is 0. The zero-order chi connectivity index (χ0) is 21.0. The molecule has 0 bridgehead atoms. The van der Waals surface area contributed by atoms with Gasteiger partial charge in [0, 0.05) is 17.8 Å². The normalized spacial score (nSPS) is 10.8. The molecule has 3 aromatic carbocycles. The largest absolute Gasteiger partial charge is 0.355 e. The number of fused-ring (bicyclic) bond motifs is 1. The van der Waals surface area contributed by atoms with Crippen LogP contribution >= 0.6 is 0 Å². The Bertz CT molecular complexity index is 1330. The van der Waals surface area contributed by atoms with Crippen LogP contribution in [0, 0.1) is 0 Å². The molecule has 31 heavy (non-hydrogen) atoms. The molecule has 0 aliphatic rings. The summed E-state index contributed by atoms with van der Waals surface area (Å²) in [5.74, 6) is 0.845. The summed E-state index contributed by atoms with van der Waals surface area (Å²) in [6, 6.07) is 31.0. The highest BCUT2D eigenvalue weighted by Gasteiger charge is 2.23. The number of aromatic nitrogens is 2. The van der Waals surface area contributed by atoms with Crippen molar-refractivity contribution in [2.45, 2.75) is 6.54 Å². The summed E-state index contributed by atoms with van der Waals surface area (Å²) in [5.41, 5.74) is 2.14. The highest BCUT2D eigenvalue weighted by Crippen LogP contribution is 2.25. The van der Waals surface area contributed by atoms with E-state index in [1.165, 1.54) is 0 Å². The van der Waals surface area contributed by atoms with Crippen molar-refractivity contribution >= 4 is 22.5 Å². The molecule has 150 valence electrons. The second-order valence-corrected chi connectivity index (χ2v) is 7.16. The fraction of sp³-hybridized carbons (Fsp3) is 0.0385. The number of carbonyl (C=O) groups excluding carboxylic acids is 1. The monoisotopic (exact) mass is 405 g/mol. The summed E-state index contributed by atoms with van der Waals surface area (Å²) < 4.78 is 5.46. The van der Waals surface area contributed by atoms with Crippen LogP contribution in [0.15, 0.2) is 108 Å². The van der Waals surface area contributed by atoms with Gasteiger partial charge in [0.1, 0.15) is 5.82 Å². The van der Waals surface area contributed by atoms with E-state index >= 15 is 0 Å². The van der Waals surface area contributed by atoms with Crippen LogP contribution in [0.1, 0.15) is 16.1 Å². The van der Waals surface area contributed by atoms with E-state index in [0.29, 0.717) is 18.1 Å². The molecule has 5 heteroatoms. The summed E-state index contributed by atoms with van der Waals surface area (Å²) in [5, 5.41) is 6.28. The first-order valence-corrected chi connectivity index (χ1v) is 10.0. The second kappa shape index (κ2) is 8.24. The molecule has 0 aliphatic carbocycles. The molecular formula is C26H19N3O2. The predicted octanol–water partition coefficient (Wildman–Crippen LogP) is 5.74. The van der Waals surface area contributed by atoms with Crippen LogP contribution < -0.4 is 4.90 Å². The molecule has 0 N–H and O–H groups in total. The average molecular weight is 405 g/mol. The van der Waals surface area contributed by atoms with Crippen molar-refractivity contribution in [3.63, 3.8) is 0 Å². The Morgan fingerprint density at radius 3 is 2.45 bits per heavy atom. The van der Waals surface area contributed by atoms with E-state index in [1.807, 2.05) is 72.8 Å². The van der Waals surface area contributed by atoms with Crippen molar-refractivity contribution in [2.24, 2.45) is 0 Å². The number of rotatable bonds is 5. The first kappa shape index (κ1) is 18.8. The summed E-state index contributed by atoms with van der Waals surface area (Å²) in [6.45, 7) is 0.366. The fourth-order valence-corrected chi connectivity index (χ4v) is 3.62.